The third-order valence-corrected chi connectivity index (χ3v) is 5.34. The van der Waals surface area contributed by atoms with Gasteiger partial charge in [0.05, 0.1) is 13.0 Å². The van der Waals surface area contributed by atoms with E-state index in [4.69, 9.17) is 14.2 Å². The first-order valence-electron chi connectivity index (χ1n) is 9.61. The molecule has 0 aliphatic carbocycles. The van der Waals surface area contributed by atoms with Gasteiger partial charge in [-0.1, -0.05) is 12.1 Å². The number of aliphatic hydroxyl groups is 4. The van der Waals surface area contributed by atoms with E-state index in [1.165, 1.54) is 18.2 Å². The zero-order chi connectivity index (χ0) is 22.3. The molecule has 0 radical (unpaired) electrons. The summed E-state index contributed by atoms with van der Waals surface area (Å²) in [5.41, 5.74) is 0.632. The third-order valence-electron chi connectivity index (χ3n) is 5.34. The van der Waals surface area contributed by atoms with E-state index < -0.39 is 49.2 Å². The number of fused-ring (bicyclic) bond motifs is 1. The van der Waals surface area contributed by atoms with Gasteiger partial charge in [0.2, 0.25) is 6.29 Å². The lowest BCUT2D eigenvalue weighted by molar-refractivity contribution is -0.277. The molecule has 2 aromatic rings. The lowest BCUT2D eigenvalue weighted by Gasteiger charge is -2.39. The smallest absolute Gasteiger partial charge is 0.229 e. The molecule has 6 N–H and O–H groups in total. The predicted octanol–water partition coefficient (Wildman–Crippen LogP) is -0.0170. The van der Waals surface area contributed by atoms with Crippen molar-refractivity contribution in [3.8, 4) is 23.0 Å². The van der Waals surface area contributed by atoms with Crippen molar-refractivity contribution in [3.63, 3.8) is 0 Å². The van der Waals surface area contributed by atoms with Crippen LogP contribution in [0.5, 0.6) is 23.0 Å². The van der Waals surface area contributed by atoms with E-state index in [9.17, 15) is 35.4 Å². The van der Waals surface area contributed by atoms with E-state index in [1.54, 1.807) is 12.1 Å². The standard InChI is InChI=1S/C21H22O10/c22-8-16-18(26)19(27)20(28)21(31-16)29-11-5-12(24)17-13(25)7-14(30-15(17)6-11)9-1-3-10(23)4-2-9/h1-6,14,16,18-24,26-28H,7-8H2/t14-,16-,18-,19+,20-,21+/m1/s1. The molecule has 0 saturated carbocycles. The molecule has 166 valence electrons. The van der Waals surface area contributed by atoms with Gasteiger partial charge in [0, 0.05) is 12.1 Å². The number of rotatable bonds is 4. The first-order valence-corrected chi connectivity index (χ1v) is 9.61. The number of benzene rings is 2. The summed E-state index contributed by atoms with van der Waals surface area (Å²) >= 11 is 0. The summed E-state index contributed by atoms with van der Waals surface area (Å²) in [6.07, 6.45) is -8.09. The van der Waals surface area contributed by atoms with Crippen molar-refractivity contribution in [1.29, 1.82) is 0 Å². The van der Waals surface area contributed by atoms with Gasteiger partial charge in [0.15, 0.2) is 5.78 Å². The third kappa shape index (κ3) is 4.03. The van der Waals surface area contributed by atoms with E-state index in [0.29, 0.717) is 5.56 Å². The van der Waals surface area contributed by atoms with Crippen LogP contribution in [0.4, 0.5) is 0 Å². The number of hydrogen-bond donors (Lipinski definition) is 6. The van der Waals surface area contributed by atoms with Crippen LogP contribution < -0.4 is 9.47 Å². The molecule has 2 aliphatic heterocycles. The van der Waals surface area contributed by atoms with Gasteiger partial charge in [-0.3, -0.25) is 4.79 Å². The van der Waals surface area contributed by atoms with Crippen molar-refractivity contribution in [2.75, 3.05) is 6.61 Å². The highest BCUT2D eigenvalue weighted by atomic mass is 16.7. The maximum atomic E-state index is 12.6. The number of ketones is 1. The molecular weight excluding hydrogens is 412 g/mol. The predicted molar refractivity (Wildman–Crippen MR) is 103 cm³/mol. The van der Waals surface area contributed by atoms with Crippen molar-refractivity contribution in [2.45, 2.75) is 43.2 Å². The number of phenolic OH excluding ortho intramolecular Hbond substituents is 2. The largest absolute Gasteiger partial charge is 0.508 e. The molecule has 2 aromatic carbocycles. The summed E-state index contributed by atoms with van der Waals surface area (Å²) in [7, 11) is 0. The van der Waals surface area contributed by atoms with Crippen LogP contribution in [-0.2, 0) is 4.74 Å². The van der Waals surface area contributed by atoms with Crippen LogP contribution in [0, 0.1) is 0 Å². The molecule has 10 nitrogen and oxygen atoms in total. The Morgan fingerprint density at radius 2 is 1.71 bits per heavy atom. The second kappa shape index (κ2) is 8.33. The zero-order valence-electron chi connectivity index (χ0n) is 16.2. The molecule has 2 aliphatic rings. The Balaban J connectivity index is 1.59. The van der Waals surface area contributed by atoms with Gasteiger partial charge in [-0.15, -0.1) is 0 Å². The second-order valence-electron chi connectivity index (χ2n) is 7.46. The van der Waals surface area contributed by atoms with E-state index in [2.05, 4.69) is 0 Å². The van der Waals surface area contributed by atoms with E-state index in [1.807, 2.05) is 0 Å². The highest BCUT2D eigenvalue weighted by Gasteiger charge is 2.45. The van der Waals surface area contributed by atoms with Crippen molar-refractivity contribution >= 4 is 5.78 Å². The van der Waals surface area contributed by atoms with E-state index >= 15 is 0 Å². The summed E-state index contributed by atoms with van der Waals surface area (Å²) in [5.74, 6) is -0.657. The van der Waals surface area contributed by atoms with Crippen LogP contribution in [0.1, 0.15) is 28.4 Å². The number of phenols is 2. The van der Waals surface area contributed by atoms with Crippen LogP contribution in [0.25, 0.3) is 0 Å². The molecule has 0 unspecified atom stereocenters. The van der Waals surface area contributed by atoms with Crippen LogP contribution in [0.2, 0.25) is 0 Å². The first kappa shape index (κ1) is 21.3. The van der Waals surface area contributed by atoms with Gasteiger partial charge < -0.3 is 44.8 Å². The Bertz CT molecular complexity index is 957. The lowest BCUT2D eigenvalue weighted by Crippen LogP contribution is -2.60. The average Bonchev–Trinajstić information content (AvgIpc) is 2.74. The fraction of sp³-hybridized carbons (Fsp3) is 0.381. The van der Waals surface area contributed by atoms with Gasteiger partial charge in [0.25, 0.3) is 0 Å². The van der Waals surface area contributed by atoms with Gasteiger partial charge in [0.1, 0.15) is 59.1 Å². The monoisotopic (exact) mass is 434 g/mol. The maximum Gasteiger partial charge on any atom is 0.229 e. The molecule has 31 heavy (non-hydrogen) atoms. The molecule has 4 rings (SSSR count). The Morgan fingerprint density at radius 1 is 1.00 bits per heavy atom. The van der Waals surface area contributed by atoms with Crippen LogP contribution >= 0.6 is 0 Å². The number of Topliss-reactive ketones (excluding diaryl/α,β-unsaturated/α-hetero) is 1. The minimum Gasteiger partial charge on any atom is -0.508 e. The quantitative estimate of drug-likeness (QED) is 0.385. The molecule has 2 heterocycles. The SMILES string of the molecule is O=C1C[C@H](c2ccc(O)cc2)Oc2cc(O[C@H]3O[C@H](CO)[C@@H](O)[C@H](O)[C@H]3O)cc(O)c21. The van der Waals surface area contributed by atoms with Gasteiger partial charge in [-0.2, -0.15) is 0 Å². The van der Waals surface area contributed by atoms with E-state index in [-0.39, 0.29) is 35.0 Å². The summed E-state index contributed by atoms with van der Waals surface area (Å²) < 4.78 is 16.7. The molecule has 0 bridgehead atoms. The Kier molecular flexibility index (Phi) is 5.73. The lowest BCUT2D eigenvalue weighted by atomic mass is 9.95. The number of aliphatic hydroxyl groups excluding tert-OH is 4. The Hall–Kier alpha value is -2.89. The van der Waals surface area contributed by atoms with Crippen LogP contribution in [0.15, 0.2) is 36.4 Å². The molecule has 0 spiro atoms. The number of carbonyl (C=O) groups is 1. The van der Waals surface area contributed by atoms with Crippen molar-refractivity contribution in [3.05, 3.63) is 47.5 Å². The topological polar surface area (TPSA) is 166 Å². The minimum atomic E-state index is -1.64. The minimum absolute atomic E-state index is 0.0156. The number of carbonyl (C=O) groups excluding carboxylic acids is 1. The second-order valence-corrected chi connectivity index (χ2v) is 7.46. The van der Waals surface area contributed by atoms with Gasteiger partial charge in [-0.25, -0.2) is 0 Å². The maximum absolute atomic E-state index is 12.6. The molecule has 0 amide bonds. The van der Waals surface area contributed by atoms with E-state index in [0.717, 1.165) is 6.07 Å². The van der Waals surface area contributed by atoms with Gasteiger partial charge >= 0.3 is 0 Å². The Labute approximate surface area is 176 Å². The summed E-state index contributed by atoms with van der Waals surface area (Å²) in [4.78, 5) is 12.6. The Morgan fingerprint density at radius 3 is 2.39 bits per heavy atom. The molecule has 0 aromatic heterocycles. The molecular formula is C21H22O10. The summed E-state index contributed by atoms with van der Waals surface area (Å²) in [6, 6.07) is 8.64. The van der Waals surface area contributed by atoms with Crippen LogP contribution in [0.3, 0.4) is 0 Å². The van der Waals surface area contributed by atoms with Crippen molar-refractivity contribution in [1.82, 2.24) is 0 Å². The fourth-order valence-corrected chi connectivity index (χ4v) is 3.66. The normalized spacial score (nSPS) is 30.4. The van der Waals surface area contributed by atoms with Gasteiger partial charge in [-0.05, 0) is 17.7 Å². The van der Waals surface area contributed by atoms with Crippen molar-refractivity contribution < 1.29 is 49.6 Å². The fourth-order valence-electron chi connectivity index (χ4n) is 3.66. The summed E-state index contributed by atoms with van der Waals surface area (Å²) in [6.45, 7) is -0.619. The number of aromatic hydroxyl groups is 2. The average molecular weight is 434 g/mol. The number of ether oxygens (including phenoxy) is 3. The number of hydrogen-bond acceptors (Lipinski definition) is 10. The zero-order valence-corrected chi connectivity index (χ0v) is 16.2. The molecule has 6 atom stereocenters. The van der Waals surface area contributed by atoms with Crippen molar-refractivity contribution in [2.24, 2.45) is 0 Å². The highest BCUT2D eigenvalue weighted by molar-refractivity contribution is 6.02. The molecule has 1 fully saturated rings. The highest BCUT2D eigenvalue weighted by Crippen LogP contribution is 2.42. The summed E-state index contributed by atoms with van der Waals surface area (Å²) in [5, 5.41) is 59.0. The first-order chi connectivity index (χ1) is 14.8. The molecule has 10 heteroatoms. The van der Waals surface area contributed by atoms with Crippen LogP contribution in [-0.4, -0.2) is 73.7 Å². The molecule has 1 saturated heterocycles.